The van der Waals surface area contributed by atoms with Gasteiger partial charge in [0.2, 0.25) is 0 Å². The fourth-order valence-corrected chi connectivity index (χ4v) is 1.39. The second kappa shape index (κ2) is 4.14. The van der Waals surface area contributed by atoms with Gasteiger partial charge in [-0.25, -0.2) is 14.8 Å². The highest BCUT2D eigenvalue weighted by Gasteiger charge is 2.13. The molecule has 0 radical (unpaired) electrons. The SMILES string of the molecule is CCc1nc(-c2ccco2)ncc1C(=O)O. The van der Waals surface area contributed by atoms with Crippen molar-refractivity contribution in [1.82, 2.24) is 9.97 Å². The average molecular weight is 218 g/mol. The van der Waals surface area contributed by atoms with Gasteiger partial charge in [0.05, 0.1) is 17.5 Å². The Morgan fingerprint density at radius 3 is 2.94 bits per heavy atom. The van der Waals surface area contributed by atoms with Crippen LogP contribution in [0.2, 0.25) is 0 Å². The highest BCUT2D eigenvalue weighted by Crippen LogP contribution is 2.17. The molecular formula is C11H10N2O3. The minimum Gasteiger partial charge on any atom is -0.478 e. The Balaban J connectivity index is 2.49. The molecule has 0 aliphatic carbocycles. The van der Waals surface area contributed by atoms with E-state index in [9.17, 15) is 4.79 Å². The van der Waals surface area contributed by atoms with E-state index in [-0.39, 0.29) is 5.56 Å². The van der Waals surface area contributed by atoms with Crippen LogP contribution in [0.25, 0.3) is 11.6 Å². The number of carbonyl (C=O) groups is 1. The van der Waals surface area contributed by atoms with Gasteiger partial charge in [-0.3, -0.25) is 0 Å². The van der Waals surface area contributed by atoms with Gasteiger partial charge in [-0.1, -0.05) is 6.92 Å². The second-order valence-corrected chi connectivity index (χ2v) is 3.19. The lowest BCUT2D eigenvalue weighted by Gasteiger charge is -2.03. The topological polar surface area (TPSA) is 76.2 Å². The molecule has 1 N–H and O–H groups in total. The standard InChI is InChI=1S/C11H10N2O3/c1-2-8-7(11(14)15)6-12-10(13-8)9-4-3-5-16-9/h3-6H,2H2,1H3,(H,14,15). The van der Waals surface area contributed by atoms with Gasteiger partial charge < -0.3 is 9.52 Å². The maximum Gasteiger partial charge on any atom is 0.339 e. The van der Waals surface area contributed by atoms with Gasteiger partial charge in [0.15, 0.2) is 11.6 Å². The minimum atomic E-state index is -1.01. The van der Waals surface area contributed by atoms with Crippen molar-refractivity contribution in [3.63, 3.8) is 0 Å². The largest absolute Gasteiger partial charge is 0.478 e. The summed E-state index contributed by atoms with van der Waals surface area (Å²) in [5.74, 6) is -0.0682. The predicted molar refractivity (Wildman–Crippen MR) is 56.1 cm³/mol. The van der Waals surface area contributed by atoms with Crippen LogP contribution in [0.4, 0.5) is 0 Å². The number of carboxylic acid groups (broad SMARTS) is 1. The Kier molecular flexibility index (Phi) is 2.68. The average Bonchev–Trinajstić information content (AvgIpc) is 2.81. The zero-order valence-electron chi connectivity index (χ0n) is 8.67. The van der Waals surface area contributed by atoms with Gasteiger partial charge in [-0.15, -0.1) is 0 Å². The maximum absolute atomic E-state index is 10.9. The van der Waals surface area contributed by atoms with E-state index in [0.717, 1.165) is 0 Å². The number of nitrogens with zero attached hydrogens (tertiary/aromatic N) is 2. The Morgan fingerprint density at radius 1 is 1.56 bits per heavy atom. The highest BCUT2D eigenvalue weighted by atomic mass is 16.4. The monoisotopic (exact) mass is 218 g/mol. The van der Waals surface area contributed by atoms with E-state index in [1.54, 1.807) is 12.1 Å². The van der Waals surface area contributed by atoms with Gasteiger partial charge in [0, 0.05) is 6.20 Å². The van der Waals surface area contributed by atoms with E-state index in [0.29, 0.717) is 23.7 Å². The van der Waals surface area contributed by atoms with Crippen LogP contribution in [0.15, 0.2) is 29.0 Å². The van der Waals surface area contributed by atoms with Gasteiger partial charge in [-0.05, 0) is 18.6 Å². The fraction of sp³-hybridized carbons (Fsp3) is 0.182. The van der Waals surface area contributed by atoms with Crippen LogP contribution in [-0.4, -0.2) is 21.0 Å². The highest BCUT2D eigenvalue weighted by molar-refractivity contribution is 5.88. The normalized spacial score (nSPS) is 10.3. The first-order chi connectivity index (χ1) is 7.72. The predicted octanol–water partition coefficient (Wildman–Crippen LogP) is 2.00. The van der Waals surface area contributed by atoms with Crippen LogP contribution < -0.4 is 0 Å². The summed E-state index contributed by atoms with van der Waals surface area (Å²) in [5.41, 5.74) is 0.645. The van der Waals surface area contributed by atoms with Crippen molar-refractivity contribution in [2.45, 2.75) is 13.3 Å². The Morgan fingerprint density at radius 2 is 2.38 bits per heavy atom. The zero-order valence-corrected chi connectivity index (χ0v) is 8.67. The molecule has 2 heterocycles. The number of hydrogen-bond donors (Lipinski definition) is 1. The molecule has 0 spiro atoms. The van der Waals surface area contributed by atoms with Gasteiger partial charge >= 0.3 is 5.97 Å². The van der Waals surface area contributed by atoms with Crippen molar-refractivity contribution in [3.05, 3.63) is 35.9 Å². The lowest BCUT2D eigenvalue weighted by atomic mass is 10.2. The molecule has 0 aliphatic rings. The Hall–Kier alpha value is -2.17. The number of aromatic nitrogens is 2. The molecule has 0 bridgehead atoms. The number of aromatic carboxylic acids is 1. The Bertz CT molecular complexity index is 506. The third-order valence-electron chi connectivity index (χ3n) is 2.17. The van der Waals surface area contributed by atoms with E-state index >= 15 is 0 Å². The van der Waals surface area contributed by atoms with Crippen molar-refractivity contribution in [2.75, 3.05) is 0 Å². The van der Waals surface area contributed by atoms with E-state index in [4.69, 9.17) is 9.52 Å². The molecule has 2 aromatic heterocycles. The number of rotatable bonds is 3. The summed E-state index contributed by atoms with van der Waals surface area (Å²) in [7, 11) is 0. The molecule has 0 fully saturated rings. The van der Waals surface area contributed by atoms with Crippen LogP contribution >= 0.6 is 0 Å². The van der Waals surface area contributed by atoms with E-state index in [1.165, 1.54) is 12.5 Å². The van der Waals surface area contributed by atoms with Crippen molar-refractivity contribution >= 4 is 5.97 Å². The molecule has 0 saturated heterocycles. The smallest absolute Gasteiger partial charge is 0.339 e. The van der Waals surface area contributed by atoms with Crippen molar-refractivity contribution in [1.29, 1.82) is 0 Å². The molecule has 0 unspecified atom stereocenters. The first-order valence-electron chi connectivity index (χ1n) is 4.85. The number of carboxylic acids is 1. The first kappa shape index (κ1) is 10.4. The third-order valence-corrected chi connectivity index (χ3v) is 2.17. The third kappa shape index (κ3) is 1.79. The number of hydrogen-bond acceptors (Lipinski definition) is 4. The molecule has 0 saturated carbocycles. The van der Waals surface area contributed by atoms with Crippen LogP contribution in [0.3, 0.4) is 0 Å². The molecule has 2 rings (SSSR count). The summed E-state index contributed by atoms with van der Waals surface area (Å²) in [5, 5.41) is 8.91. The summed E-state index contributed by atoms with van der Waals surface area (Å²) < 4.78 is 5.15. The molecule has 5 nitrogen and oxygen atoms in total. The zero-order chi connectivity index (χ0) is 11.5. The summed E-state index contributed by atoms with van der Waals surface area (Å²) in [6.45, 7) is 1.85. The molecule has 16 heavy (non-hydrogen) atoms. The number of furan rings is 1. The van der Waals surface area contributed by atoms with Crippen molar-refractivity contribution in [2.24, 2.45) is 0 Å². The molecule has 0 atom stereocenters. The van der Waals surface area contributed by atoms with Crippen LogP contribution in [0, 0.1) is 0 Å². The molecule has 0 amide bonds. The lowest BCUT2D eigenvalue weighted by molar-refractivity contribution is 0.0694. The number of aryl methyl sites for hydroxylation is 1. The summed E-state index contributed by atoms with van der Waals surface area (Å²) in [6, 6.07) is 3.46. The molecule has 5 heteroatoms. The lowest BCUT2D eigenvalue weighted by Crippen LogP contribution is -2.06. The summed E-state index contributed by atoms with van der Waals surface area (Å²) >= 11 is 0. The van der Waals surface area contributed by atoms with E-state index < -0.39 is 5.97 Å². The molecule has 2 aromatic rings. The van der Waals surface area contributed by atoms with Crippen LogP contribution in [-0.2, 0) is 6.42 Å². The first-order valence-corrected chi connectivity index (χ1v) is 4.85. The van der Waals surface area contributed by atoms with Gasteiger partial charge in [0.1, 0.15) is 0 Å². The summed E-state index contributed by atoms with van der Waals surface area (Å²) in [4.78, 5) is 19.0. The van der Waals surface area contributed by atoms with E-state index in [2.05, 4.69) is 9.97 Å². The molecule has 0 aliphatic heterocycles. The van der Waals surface area contributed by atoms with Crippen LogP contribution in [0.1, 0.15) is 23.0 Å². The maximum atomic E-state index is 10.9. The Labute approximate surface area is 91.8 Å². The van der Waals surface area contributed by atoms with Gasteiger partial charge in [0.25, 0.3) is 0 Å². The van der Waals surface area contributed by atoms with Gasteiger partial charge in [-0.2, -0.15) is 0 Å². The van der Waals surface area contributed by atoms with E-state index in [1.807, 2.05) is 6.92 Å². The molecular weight excluding hydrogens is 208 g/mol. The molecule has 82 valence electrons. The fourth-order valence-electron chi connectivity index (χ4n) is 1.39. The minimum absolute atomic E-state index is 0.137. The quantitative estimate of drug-likeness (QED) is 0.852. The van der Waals surface area contributed by atoms with Crippen molar-refractivity contribution in [3.8, 4) is 11.6 Å². The molecule has 0 aromatic carbocycles. The summed E-state index contributed by atoms with van der Waals surface area (Å²) in [6.07, 6.45) is 3.37. The second-order valence-electron chi connectivity index (χ2n) is 3.19. The van der Waals surface area contributed by atoms with Crippen molar-refractivity contribution < 1.29 is 14.3 Å². The van der Waals surface area contributed by atoms with Crippen LogP contribution in [0.5, 0.6) is 0 Å².